The highest BCUT2D eigenvalue weighted by atomic mass is 32.2. The first-order valence-corrected chi connectivity index (χ1v) is 8.46. The fraction of sp³-hybridized carbons (Fsp3) is 0.571. The first-order chi connectivity index (χ1) is 9.79. The first-order valence-electron chi connectivity index (χ1n) is 6.97. The number of sulfonamides is 1. The van der Waals surface area contributed by atoms with Gasteiger partial charge in [0.15, 0.2) is 0 Å². The van der Waals surface area contributed by atoms with Gasteiger partial charge >= 0.3 is 6.18 Å². The molecule has 0 amide bonds. The highest BCUT2D eigenvalue weighted by molar-refractivity contribution is 7.89. The van der Waals surface area contributed by atoms with Crippen LogP contribution in [0.25, 0.3) is 0 Å². The van der Waals surface area contributed by atoms with Crippen LogP contribution >= 0.6 is 0 Å². The van der Waals surface area contributed by atoms with Crippen molar-refractivity contribution in [2.24, 2.45) is 11.8 Å². The first kappa shape index (κ1) is 14.8. The molecule has 0 unspecified atom stereocenters. The van der Waals surface area contributed by atoms with Crippen LogP contribution in [0.1, 0.15) is 31.2 Å². The van der Waals surface area contributed by atoms with Crippen LogP contribution < -0.4 is 4.72 Å². The van der Waals surface area contributed by atoms with E-state index in [9.17, 15) is 21.6 Å². The molecule has 1 aromatic rings. The maximum absolute atomic E-state index is 13.0. The Morgan fingerprint density at radius 3 is 2.05 bits per heavy atom. The Hall–Kier alpha value is -1.08. The summed E-state index contributed by atoms with van der Waals surface area (Å²) in [7, 11) is -4.15. The molecule has 1 aromatic carbocycles. The minimum atomic E-state index is -4.68. The maximum atomic E-state index is 13.0. The lowest BCUT2D eigenvalue weighted by atomic mass is 10.1. The van der Waals surface area contributed by atoms with Gasteiger partial charge in [-0.25, -0.2) is 13.1 Å². The van der Waals surface area contributed by atoms with Crippen molar-refractivity contribution < 1.29 is 21.6 Å². The van der Waals surface area contributed by atoms with Crippen molar-refractivity contribution in [1.29, 1.82) is 0 Å². The van der Waals surface area contributed by atoms with E-state index in [1.54, 1.807) is 0 Å². The molecule has 7 heteroatoms. The lowest BCUT2D eigenvalue weighted by molar-refractivity contribution is -0.139. The van der Waals surface area contributed by atoms with Crippen molar-refractivity contribution in [2.75, 3.05) is 0 Å². The van der Waals surface area contributed by atoms with E-state index >= 15 is 0 Å². The van der Waals surface area contributed by atoms with E-state index in [1.807, 2.05) is 0 Å². The van der Waals surface area contributed by atoms with E-state index in [0.29, 0.717) is 0 Å². The lowest BCUT2D eigenvalue weighted by Gasteiger charge is -2.19. The zero-order chi connectivity index (χ0) is 15.3. The highest BCUT2D eigenvalue weighted by Crippen LogP contribution is 2.45. The van der Waals surface area contributed by atoms with E-state index in [2.05, 4.69) is 4.72 Å². The fourth-order valence-corrected chi connectivity index (χ4v) is 4.27. The van der Waals surface area contributed by atoms with Crippen molar-refractivity contribution in [3.8, 4) is 0 Å². The van der Waals surface area contributed by atoms with E-state index < -0.39 is 26.7 Å². The van der Waals surface area contributed by atoms with Crippen LogP contribution in [0.15, 0.2) is 29.2 Å². The summed E-state index contributed by atoms with van der Waals surface area (Å²) in [4.78, 5) is -0.677. The molecule has 2 aliphatic carbocycles. The van der Waals surface area contributed by atoms with Gasteiger partial charge < -0.3 is 0 Å². The Morgan fingerprint density at radius 2 is 1.57 bits per heavy atom. The van der Waals surface area contributed by atoms with Crippen molar-refractivity contribution >= 4 is 10.0 Å². The molecule has 116 valence electrons. The maximum Gasteiger partial charge on any atom is 0.417 e. The Morgan fingerprint density at radius 1 is 1.05 bits per heavy atom. The van der Waals surface area contributed by atoms with Crippen LogP contribution in [0.5, 0.6) is 0 Å². The standard InChI is InChI=1S/C14H16F3NO2S/c15-14(16,17)11-3-1-2-4-12(11)21(19,20)18-13(9-5-6-9)10-7-8-10/h1-4,9-10,13,18H,5-8H2. The molecule has 2 aliphatic rings. The Balaban J connectivity index is 1.91. The summed E-state index contributed by atoms with van der Waals surface area (Å²) in [6.45, 7) is 0. The van der Waals surface area contributed by atoms with Gasteiger partial charge in [-0.1, -0.05) is 12.1 Å². The molecule has 1 N–H and O–H groups in total. The quantitative estimate of drug-likeness (QED) is 0.906. The number of nitrogens with one attached hydrogen (secondary N) is 1. The Bertz CT molecular complexity index is 622. The number of benzene rings is 1. The smallest absolute Gasteiger partial charge is 0.208 e. The molecular weight excluding hydrogens is 303 g/mol. The second-order valence-corrected chi connectivity index (χ2v) is 7.50. The number of hydrogen-bond acceptors (Lipinski definition) is 2. The Kier molecular flexibility index (Phi) is 3.52. The van der Waals surface area contributed by atoms with Crippen molar-refractivity contribution in [3.63, 3.8) is 0 Å². The molecule has 3 rings (SSSR count). The normalized spacial score (nSPS) is 20.0. The van der Waals surface area contributed by atoms with Crippen LogP contribution in [0, 0.1) is 11.8 Å². The van der Waals surface area contributed by atoms with Crippen LogP contribution in [0.4, 0.5) is 13.2 Å². The molecule has 0 spiro atoms. The second-order valence-electron chi connectivity index (χ2n) is 5.82. The average molecular weight is 319 g/mol. The van der Waals surface area contributed by atoms with Crippen LogP contribution in [0.3, 0.4) is 0 Å². The van der Waals surface area contributed by atoms with E-state index in [-0.39, 0.29) is 17.9 Å². The summed E-state index contributed by atoms with van der Waals surface area (Å²) in [6, 6.07) is 4.12. The lowest BCUT2D eigenvalue weighted by Crippen LogP contribution is -2.38. The summed E-state index contributed by atoms with van der Waals surface area (Å²) in [6.07, 6.45) is -0.885. The predicted octanol–water partition coefficient (Wildman–Crippen LogP) is 3.17. The van der Waals surface area contributed by atoms with E-state index in [1.165, 1.54) is 12.1 Å². The molecule has 0 aromatic heterocycles. The van der Waals surface area contributed by atoms with Gasteiger partial charge in [-0.3, -0.25) is 0 Å². The highest BCUT2D eigenvalue weighted by Gasteiger charge is 2.45. The molecule has 0 saturated heterocycles. The van der Waals surface area contributed by atoms with Gasteiger partial charge in [0.25, 0.3) is 0 Å². The molecule has 3 nitrogen and oxygen atoms in total. The average Bonchev–Trinajstić information content (AvgIpc) is 3.28. The summed E-state index contributed by atoms with van der Waals surface area (Å²) in [5.74, 6) is 0.565. The largest absolute Gasteiger partial charge is 0.417 e. The molecule has 2 fully saturated rings. The Labute approximate surface area is 121 Å². The summed E-state index contributed by atoms with van der Waals surface area (Å²) in [5, 5.41) is 0. The monoisotopic (exact) mass is 319 g/mol. The molecule has 0 bridgehead atoms. The van der Waals surface area contributed by atoms with Gasteiger partial charge in [-0.15, -0.1) is 0 Å². The van der Waals surface area contributed by atoms with Gasteiger partial charge in [-0.2, -0.15) is 13.2 Å². The zero-order valence-electron chi connectivity index (χ0n) is 11.2. The molecule has 0 radical (unpaired) electrons. The van der Waals surface area contributed by atoms with Crippen LogP contribution in [0.2, 0.25) is 0 Å². The van der Waals surface area contributed by atoms with Gasteiger partial charge in [-0.05, 0) is 49.7 Å². The molecule has 0 heterocycles. The predicted molar refractivity (Wildman–Crippen MR) is 71.0 cm³/mol. The minimum Gasteiger partial charge on any atom is -0.208 e. The second kappa shape index (κ2) is 4.98. The van der Waals surface area contributed by atoms with Gasteiger partial charge in [0.1, 0.15) is 0 Å². The van der Waals surface area contributed by atoms with Crippen molar-refractivity contribution in [1.82, 2.24) is 4.72 Å². The van der Waals surface area contributed by atoms with E-state index in [4.69, 9.17) is 0 Å². The topological polar surface area (TPSA) is 46.2 Å². The third-order valence-corrected chi connectivity index (χ3v) is 5.55. The third-order valence-electron chi connectivity index (χ3n) is 4.03. The number of halogens is 3. The summed E-state index contributed by atoms with van der Waals surface area (Å²) < 4.78 is 66.1. The molecule has 21 heavy (non-hydrogen) atoms. The van der Waals surface area contributed by atoms with E-state index in [0.717, 1.165) is 37.8 Å². The van der Waals surface area contributed by atoms with Gasteiger partial charge in [0.2, 0.25) is 10.0 Å². The van der Waals surface area contributed by atoms with Crippen molar-refractivity contribution in [3.05, 3.63) is 29.8 Å². The van der Waals surface area contributed by atoms with Crippen LogP contribution in [-0.4, -0.2) is 14.5 Å². The third kappa shape index (κ3) is 3.23. The zero-order valence-corrected chi connectivity index (χ0v) is 12.0. The SMILES string of the molecule is O=S(=O)(NC(C1CC1)C1CC1)c1ccccc1C(F)(F)F. The van der Waals surface area contributed by atoms with Crippen LogP contribution in [-0.2, 0) is 16.2 Å². The summed E-state index contributed by atoms with van der Waals surface area (Å²) in [5.41, 5.74) is -1.11. The fourth-order valence-electron chi connectivity index (χ4n) is 2.67. The molecule has 2 saturated carbocycles. The molecule has 0 aliphatic heterocycles. The number of alkyl halides is 3. The number of rotatable bonds is 5. The molecule has 0 atom stereocenters. The van der Waals surface area contributed by atoms with Gasteiger partial charge in [0.05, 0.1) is 10.5 Å². The molecular formula is C14H16F3NO2S. The van der Waals surface area contributed by atoms with Crippen molar-refractivity contribution in [2.45, 2.75) is 42.8 Å². The summed E-state index contributed by atoms with van der Waals surface area (Å²) >= 11 is 0. The number of hydrogen-bond donors (Lipinski definition) is 1. The minimum absolute atomic E-state index is 0.212. The van der Waals surface area contributed by atoms with Gasteiger partial charge in [0, 0.05) is 6.04 Å².